The van der Waals surface area contributed by atoms with Gasteiger partial charge in [-0.1, -0.05) is 53.2 Å². The number of rotatable bonds is 5. The second kappa shape index (κ2) is 9.07. The van der Waals surface area contributed by atoms with Crippen molar-refractivity contribution in [3.8, 4) is 11.4 Å². The van der Waals surface area contributed by atoms with Crippen LogP contribution in [0.15, 0.2) is 70.1 Å². The van der Waals surface area contributed by atoms with Crippen LogP contribution < -0.4 is 0 Å². The van der Waals surface area contributed by atoms with Crippen LogP contribution in [0.1, 0.15) is 18.4 Å². The Hall–Kier alpha value is -3.27. The van der Waals surface area contributed by atoms with Gasteiger partial charge in [-0.3, -0.25) is 4.79 Å². The van der Waals surface area contributed by atoms with Gasteiger partial charge in [0.05, 0.1) is 4.90 Å². The Kier molecular flexibility index (Phi) is 6.08. The second-order valence-corrected chi connectivity index (χ2v) is 10.9. The summed E-state index contributed by atoms with van der Waals surface area (Å²) in [6.07, 6.45) is 0. The molecule has 1 amide bonds. The Morgan fingerprint density at radius 3 is 2.46 bits per heavy atom. The predicted molar refractivity (Wildman–Crippen MR) is 132 cm³/mol. The molecule has 1 atom stereocenters. The van der Waals surface area contributed by atoms with Crippen LogP contribution in [0.5, 0.6) is 0 Å². The first-order chi connectivity index (χ1) is 16.7. The fourth-order valence-electron chi connectivity index (χ4n) is 4.28. The van der Waals surface area contributed by atoms with Crippen molar-refractivity contribution in [3.63, 3.8) is 0 Å². The molecule has 5 rings (SSSR count). The summed E-state index contributed by atoms with van der Waals surface area (Å²) in [5.41, 5.74) is 1.75. The number of hydrogen-bond acceptors (Lipinski definition) is 6. The molecule has 1 aromatic heterocycles. The third-order valence-electron chi connectivity index (χ3n) is 6.18. The Morgan fingerprint density at radius 2 is 1.74 bits per heavy atom. The lowest BCUT2D eigenvalue weighted by atomic mass is 10.1. The number of hydrogen-bond donors (Lipinski definition) is 0. The first kappa shape index (κ1) is 23.5. The fourth-order valence-corrected chi connectivity index (χ4v) is 6.08. The standard InChI is InChI=1S/C25H23ClN4O4S/c1-16-25(31)29(15-18-3-5-19(6-4-18)24-27-17(2)34-28-24)11-12-30(16)35(32,33)23-10-8-20-13-22(26)9-7-21(20)14-23/h3-10,13-14,16H,11-12,15H2,1-2H3. The predicted octanol–water partition coefficient (Wildman–Crippen LogP) is 4.27. The lowest BCUT2D eigenvalue weighted by molar-refractivity contribution is -0.138. The van der Waals surface area contributed by atoms with Crippen molar-refractivity contribution in [2.75, 3.05) is 13.1 Å². The largest absolute Gasteiger partial charge is 0.339 e. The van der Waals surface area contributed by atoms with Crippen molar-refractivity contribution < 1.29 is 17.7 Å². The Balaban J connectivity index is 1.31. The van der Waals surface area contributed by atoms with Crippen LogP contribution in [-0.4, -0.2) is 52.8 Å². The fraction of sp³-hybridized carbons (Fsp3) is 0.240. The number of nitrogens with zero attached hydrogens (tertiary/aromatic N) is 4. The van der Waals surface area contributed by atoms with E-state index in [-0.39, 0.29) is 17.3 Å². The van der Waals surface area contributed by atoms with E-state index in [0.717, 1.165) is 21.9 Å². The first-order valence-corrected chi connectivity index (χ1v) is 12.9. The summed E-state index contributed by atoms with van der Waals surface area (Å²) >= 11 is 6.04. The second-order valence-electron chi connectivity index (χ2n) is 8.54. The number of sulfonamides is 1. The SMILES string of the molecule is Cc1nc(-c2ccc(CN3CCN(S(=O)(=O)c4ccc5cc(Cl)ccc5c4)C(C)C3=O)cc2)no1. The van der Waals surface area contributed by atoms with E-state index in [0.29, 0.717) is 29.8 Å². The minimum absolute atomic E-state index is 0.160. The van der Waals surface area contributed by atoms with E-state index in [9.17, 15) is 13.2 Å². The van der Waals surface area contributed by atoms with Crippen molar-refractivity contribution in [2.24, 2.45) is 0 Å². The van der Waals surface area contributed by atoms with E-state index >= 15 is 0 Å². The number of halogens is 1. The molecule has 2 heterocycles. The Bertz CT molecular complexity index is 1520. The van der Waals surface area contributed by atoms with Gasteiger partial charge in [-0.25, -0.2) is 8.42 Å². The molecule has 1 aliphatic rings. The molecule has 0 spiro atoms. The zero-order valence-electron chi connectivity index (χ0n) is 19.2. The van der Waals surface area contributed by atoms with Gasteiger partial charge >= 0.3 is 0 Å². The lowest BCUT2D eigenvalue weighted by Gasteiger charge is -2.38. The third-order valence-corrected chi connectivity index (χ3v) is 8.39. The number of amides is 1. The number of fused-ring (bicyclic) bond motifs is 1. The molecule has 1 unspecified atom stereocenters. The van der Waals surface area contributed by atoms with Gasteiger partial charge in [0.1, 0.15) is 6.04 Å². The summed E-state index contributed by atoms with van der Waals surface area (Å²) in [5.74, 6) is 0.768. The highest BCUT2D eigenvalue weighted by Gasteiger charge is 2.39. The van der Waals surface area contributed by atoms with Crippen LogP contribution in [-0.2, 0) is 21.4 Å². The number of piperazine rings is 1. The summed E-state index contributed by atoms with van der Waals surface area (Å²) < 4.78 is 33.1. The normalized spacial score (nSPS) is 17.3. The smallest absolute Gasteiger partial charge is 0.243 e. The van der Waals surface area contributed by atoms with E-state index in [1.165, 1.54) is 4.31 Å². The Labute approximate surface area is 208 Å². The van der Waals surface area contributed by atoms with Crippen LogP contribution in [0, 0.1) is 6.92 Å². The van der Waals surface area contributed by atoms with Crippen LogP contribution in [0.4, 0.5) is 0 Å². The molecule has 0 saturated carbocycles. The van der Waals surface area contributed by atoms with Crippen LogP contribution >= 0.6 is 11.6 Å². The minimum atomic E-state index is -3.85. The molecule has 4 aromatic rings. The molecular weight excluding hydrogens is 488 g/mol. The number of aromatic nitrogens is 2. The van der Waals surface area contributed by atoms with Gasteiger partial charge in [-0.15, -0.1) is 0 Å². The van der Waals surface area contributed by atoms with Gasteiger partial charge in [0, 0.05) is 37.1 Å². The zero-order chi connectivity index (χ0) is 24.7. The van der Waals surface area contributed by atoms with Crippen LogP contribution in [0.3, 0.4) is 0 Å². The molecule has 180 valence electrons. The van der Waals surface area contributed by atoms with E-state index in [2.05, 4.69) is 10.1 Å². The quantitative estimate of drug-likeness (QED) is 0.397. The van der Waals surface area contributed by atoms with Gasteiger partial charge in [-0.2, -0.15) is 9.29 Å². The summed E-state index contributed by atoms with van der Waals surface area (Å²) in [7, 11) is -3.85. The summed E-state index contributed by atoms with van der Waals surface area (Å²) in [5, 5.41) is 6.12. The zero-order valence-corrected chi connectivity index (χ0v) is 20.8. The van der Waals surface area contributed by atoms with Gasteiger partial charge < -0.3 is 9.42 Å². The molecule has 10 heteroatoms. The highest BCUT2D eigenvalue weighted by Crippen LogP contribution is 2.27. The molecule has 8 nitrogen and oxygen atoms in total. The first-order valence-electron chi connectivity index (χ1n) is 11.1. The molecule has 0 bridgehead atoms. The monoisotopic (exact) mass is 510 g/mol. The number of aryl methyl sites for hydroxylation is 1. The maximum atomic E-state index is 13.4. The minimum Gasteiger partial charge on any atom is -0.339 e. The van der Waals surface area contributed by atoms with E-state index in [1.54, 1.807) is 55.1 Å². The van der Waals surface area contributed by atoms with E-state index in [1.807, 2.05) is 24.3 Å². The van der Waals surface area contributed by atoms with Crippen LogP contribution in [0.2, 0.25) is 5.02 Å². The van der Waals surface area contributed by atoms with Gasteiger partial charge in [0.2, 0.25) is 27.6 Å². The molecule has 1 fully saturated rings. The van der Waals surface area contributed by atoms with Crippen molar-refractivity contribution in [3.05, 3.63) is 77.1 Å². The van der Waals surface area contributed by atoms with Gasteiger partial charge in [0.25, 0.3) is 0 Å². The molecule has 1 aliphatic heterocycles. The van der Waals surface area contributed by atoms with Crippen molar-refractivity contribution in [1.82, 2.24) is 19.3 Å². The van der Waals surface area contributed by atoms with Crippen LogP contribution in [0.25, 0.3) is 22.2 Å². The highest BCUT2D eigenvalue weighted by molar-refractivity contribution is 7.89. The average Bonchev–Trinajstić information content (AvgIpc) is 3.28. The third kappa shape index (κ3) is 4.54. The van der Waals surface area contributed by atoms with Gasteiger partial charge in [0.15, 0.2) is 0 Å². The summed E-state index contributed by atoms with van der Waals surface area (Å²) in [4.78, 5) is 19.2. The molecule has 35 heavy (non-hydrogen) atoms. The molecule has 0 aliphatic carbocycles. The van der Waals surface area contributed by atoms with E-state index in [4.69, 9.17) is 16.1 Å². The number of benzene rings is 3. The van der Waals surface area contributed by atoms with E-state index < -0.39 is 16.1 Å². The van der Waals surface area contributed by atoms with Crippen molar-refractivity contribution in [2.45, 2.75) is 31.3 Å². The summed E-state index contributed by atoms with van der Waals surface area (Å²) in [6, 6.07) is 17.0. The molecular formula is C25H23ClN4O4S. The van der Waals surface area contributed by atoms with Gasteiger partial charge in [-0.05, 0) is 47.5 Å². The Morgan fingerprint density at radius 1 is 1.03 bits per heavy atom. The highest BCUT2D eigenvalue weighted by atomic mass is 35.5. The molecule has 0 radical (unpaired) electrons. The number of carbonyl (C=O) groups excluding carboxylic acids is 1. The lowest BCUT2D eigenvalue weighted by Crippen LogP contribution is -2.57. The molecule has 1 saturated heterocycles. The average molecular weight is 511 g/mol. The maximum Gasteiger partial charge on any atom is 0.243 e. The molecule has 0 N–H and O–H groups in total. The van der Waals surface area contributed by atoms with Crippen molar-refractivity contribution >= 4 is 38.3 Å². The molecule has 3 aromatic carbocycles. The van der Waals surface area contributed by atoms with Crippen molar-refractivity contribution in [1.29, 1.82) is 0 Å². The number of carbonyl (C=O) groups is 1. The maximum absolute atomic E-state index is 13.4. The topological polar surface area (TPSA) is 96.6 Å². The summed E-state index contributed by atoms with van der Waals surface area (Å²) in [6.45, 7) is 4.27.